The molecule has 0 aromatic carbocycles. The van der Waals surface area contributed by atoms with Gasteiger partial charge in [-0.3, -0.25) is 9.36 Å². The summed E-state index contributed by atoms with van der Waals surface area (Å²) in [7, 11) is 1.30. The third-order valence-corrected chi connectivity index (χ3v) is 11.8. The molecule has 0 aromatic heterocycles. The molecule has 0 radical (unpaired) electrons. The van der Waals surface area contributed by atoms with Gasteiger partial charge in [-0.05, 0) is 51.4 Å². The van der Waals surface area contributed by atoms with Gasteiger partial charge in [0.25, 0.3) is 7.82 Å². The fourth-order valence-corrected chi connectivity index (χ4v) is 7.71. The Bertz CT molecular complexity index is 1040. The Labute approximate surface area is 359 Å². The lowest BCUT2D eigenvalue weighted by Crippen LogP contribution is -2.46. The summed E-state index contributed by atoms with van der Waals surface area (Å²) in [6.45, 7) is 4.70. The molecule has 0 fully saturated rings. The molecule has 0 heterocycles. The molecule has 1 amide bonds. The Hall–Kier alpha value is -1.28. The molecule has 0 saturated carbocycles. The second-order valence-electron chi connectivity index (χ2n) is 17.8. The van der Waals surface area contributed by atoms with Crippen molar-refractivity contribution in [2.75, 3.05) is 40.9 Å². The summed E-state index contributed by atoms with van der Waals surface area (Å²) < 4.78 is 23.3. The average molecular weight is 839 g/mol. The third kappa shape index (κ3) is 42.8. The number of hydrogen-bond donors (Lipinski definition) is 2. The number of quaternary nitrogens is 1. The summed E-state index contributed by atoms with van der Waals surface area (Å²) in [5.74, 6) is -0.173. The average Bonchev–Trinajstić information content (AvgIpc) is 3.17. The maximum Gasteiger partial charge on any atom is 0.268 e. The van der Waals surface area contributed by atoms with Gasteiger partial charge in [-0.1, -0.05) is 198 Å². The Morgan fingerprint density at radius 2 is 1.00 bits per heavy atom. The van der Waals surface area contributed by atoms with Gasteiger partial charge in [0.2, 0.25) is 5.91 Å². The molecule has 0 aliphatic carbocycles. The van der Waals surface area contributed by atoms with Crippen LogP contribution in [0.4, 0.5) is 0 Å². The van der Waals surface area contributed by atoms with Crippen molar-refractivity contribution >= 4 is 13.7 Å². The molecule has 8 nitrogen and oxygen atoms in total. The molecule has 0 aliphatic rings. The van der Waals surface area contributed by atoms with E-state index in [4.69, 9.17) is 9.05 Å². The van der Waals surface area contributed by atoms with E-state index in [1.165, 1.54) is 135 Å². The van der Waals surface area contributed by atoms with Crippen LogP contribution in [0.15, 0.2) is 36.5 Å². The number of carbonyl (C=O) groups excluding carboxylic acids is 1. The predicted molar refractivity (Wildman–Crippen MR) is 247 cm³/mol. The number of nitrogens with one attached hydrogen (secondary N) is 1. The molecule has 0 spiro atoms. The normalized spacial score (nSPS) is 14.5. The van der Waals surface area contributed by atoms with E-state index in [2.05, 4.69) is 55.6 Å². The quantitative estimate of drug-likeness (QED) is 0.0274. The molecule has 0 aliphatic heterocycles. The van der Waals surface area contributed by atoms with Crippen molar-refractivity contribution in [3.8, 4) is 0 Å². The number of nitrogens with zero attached hydrogens (tertiary/aromatic N) is 1. The molecular formula is C49H95N2O6P. The number of allylic oxidation sites excluding steroid dienone is 6. The van der Waals surface area contributed by atoms with Crippen LogP contribution in [0, 0.1) is 0 Å². The molecule has 3 atom stereocenters. The number of rotatable bonds is 44. The van der Waals surface area contributed by atoms with Gasteiger partial charge in [0.05, 0.1) is 39.9 Å². The standard InChI is InChI=1S/C49H95N2O6P/c1-6-8-10-12-14-16-18-20-21-22-23-24-25-26-27-28-29-31-33-35-37-39-41-43-49(53)50-47(46-57-58(54,55)56-45-44-51(3,4)5)48(52)42-40-38-36-34-32-30-19-17-15-13-11-9-7-2/h18,20,22-23,25-26,47-48,52H,6-17,19,21,24,27-46H2,1-5H3,(H-,50,53,54,55)/b20-18-,23-22-,26-25-. The molecule has 342 valence electrons. The maximum atomic E-state index is 12.9. The SMILES string of the molecule is CCCCCCC/C=C\C/C=C\C/C=C\CCCCCCCCCCC(=O)NC(COP(=O)([O-])OCC[N+](C)(C)C)C(O)CCCCCCCCCCCCCCC. The van der Waals surface area contributed by atoms with Gasteiger partial charge in [0.1, 0.15) is 13.2 Å². The summed E-state index contributed by atoms with van der Waals surface area (Å²) in [6.07, 6.45) is 50.0. The smallest absolute Gasteiger partial charge is 0.268 e. The highest BCUT2D eigenvalue weighted by molar-refractivity contribution is 7.45. The van der Waals surface area contributed by atoms with Crippen molar-refractivity contribution in [1.29, 1.82) is 0 Å². The minimum atomic E-state index is -4.57. The molecule has 0 aromatic rings. The highest BCUT2D eigenvalue weighted by Crippen LogP contribution is 2.38. The molecule has 0 saturated heterocycles. The molecule has 0 bridgehead atoms. The number of likely N-dealkylation sites (N-methyl/N-ethyl adjacent to an activating group) is 1. The number of carbonyl (C=O) groups is 1. The van der Waals surface area contributed by atoms with Crippen molar-refractivity contribution in [2.24, 2.45) is 0 Å². The van der Waals surface area contributed by atoms with E-state index in [9.17, 15) is 19.4 Å². The monoisotopic (exact) mass is 839 g/mol. The number of aliphatic hydroxyl groups excluding tert-OH is 1. The summed E-state index contributed by atoms with van der Waals surface area (Å²) in [6, 6.07) is -0.803. The zero-order valence-corrected chi connectivity index (χ0v) is 39.6. The zero-order chi connectivity index (χ0) is 42.8. The van der Waals surface area contributed by atoms with E-state index in [0.29, 0.717) is 23.9 Å². The van der Waals surface area contributed by atoms with E-state index >= 15 is 0 Å². The van der Waals surface area contributed by atoms with Crippen LogP contribution >= 0.6 is 7.82 Å². The second-order valence-corrected chi connectivity index (χ2v) is 19.2. The molecular weight excluding hydrogens is 744 g/mol. The minimum Gasteiger partial charge on any atom is -0.756 e. The Morgan fingerprint density at radius 3 is 1.45 bits per heavy atom. The topological polar surface area (TPSA) is 108 Å². The minimum absolute atomic E-state index is 0.0101. The fourth-order valence-electron chi connectivity index (χ4n) is 6.99. The first-order valence-corrected chi connectivity index (χ1v) is 25.8. The fraction of sp³-hybridized carbons (Fsp3) is 0.857. The molecule has 2 N–H and O–H groups in total. The number of amides is 1. The van der Waals surface area contributed by atoms with Crippen LogP contribution in [-0.4, -0.2) is 68.5 Å². The lowest BCUT2D eigenvalue weighted by atomic mass is 10.0. The van der Waals surface area contributed by atoms with Crippen molar-refractivity contribution in [3.63, 3.8) is 0 Å². The lowest BCUT2D eigenvalue weighted by molar-refractivity contribution is -0.870. The number of hydrogen-bond acceptors (Lipinski definition) is 6. The van der Waals surface area contributed by atoms with Gasteiger partial charge in [-0.25, -0.2) is 0 Å². The van der Waals surface area contributed by atoms with E-state index in [0.717, 1.165) is 57.8 Å². The summed E-state index contributed by atoms with van der Waals surface area (Å²) in [4.78, 5) is 25.4. The molecule has 3 unspecified atom stereocenters. The number of phosphoric acid groups is 1. The highest BCUT2D eigenvalue weighted by atomic mass is 31.2. The van der Waals surface area contributed by atoms with Crippen LogP contribution in [0.5, 0.6) is 0 Å². The van der Waals surface area contributed by atoms with Crippen LogP contribution in [0.2, 0.25) is 0 Å². The maximum absolute atomic E-state index is 12.9. The first kappa shape index (κ1) is 56.7. The van der Waals surface area contributed by atoms with Gasteiger partial charge in [0, 0.05) is 6.42 Å². The number of unbranched alkanes of at least 4 members (excludes halogenated alkanes) is 25. The Morgan fingerprint density at radius 1 is 0.603 bits per heavy atom. The number of aliphatic hydroxyl groups is 1. The van der Waals surface area contributed by atoms with E-state index in [-0.39, 0.29) is 19.1 Å². The van der Waals surface area contributed by atoms with Crippen molar-refractivity contribution in [2.45, 2.75) is 231 Å². The zero-order valence-electron chi connectivity index (χ0n) is 38.8. The van der Waals surface area contributed by atoms with E-state index in [1.807, 2.05) is 21.1 Å². The third-order valence-electron chi connectivity index (χ3n) is 10.9. The van der Waals surface area contributed by atoms with Crippen LogP contribution in [-0.2, 0) is 18.4 Å². The van der Waals surface area contributed by atoms with Crippen LogP contribution in [0.3, 0.4) is 0 Å². The van der Waals surface area contributed by atoms with Crippen LogP contribution in [0.25, 0.3) is 0 Å². The van der Waals surface area contributed by atoms with Gasteiger partial charge in [0.15, 0.2) is 0 Å². The number of phosphoric ester groups is 1. The summed E-state index contributed by atoms with van der Waals surface area (Å²) >= 11 is 0. The Balaban J connectivity index is 4.27. The van der Waals surface area contributed by atoms with Gasteiger partial charge >= 0.3 is 0 Å². The lowest BCUT2D eigenvalue weighted by Gasteiger charge is -2.30. The van der Waals surface area contributed by atoms with Crippen molar-refractivity contribution in [1.82, 2.24) is 5.32 Å². The van der Waals surface area contributed by atoms with Crippen LogP contribution in [0.1, 0.15) is 219 Å². The highest BCUT2D eigenvalue weighted by Gasteiger charge is 2.24. The first-order valence-electron chi connectivity index (χ1n) is 24.3. The predicted octanol–water partition coefficient (Wildman–Crippen LogP) is 13.2. The first-order chi connectivity index (χ1) is 28.0. The van der Waals surface area contributed by atoms with Crippen molar-refractivity contribution < 1.29 is 32.9 Å². The van der Waals surface area contributed by atoms with E-state index < -0.39 is 20.0 Å². The summed E-state index contributed by atoms with van der Waals surface area (Å²) in [5.41, 5.74) is 0. The van der Waals surface area contributed by atoms with E-state index in [1.54, 1.807) is 0 Å². The second kappa shape index (κ2) is 41.1. The largest absolute Gasteiger partial charge is 0.756 e. The molecule has 9 heteroatoms. The molecule has 0 rings (SSSR count). The van der Waals surface area contributed by atoms with Gasteiger partial charge in [-0.15, -0.1) is 0 Å². The van der Waals surface area contributed by atoms with Gasteiger partial charge < -0.3 is 28.8 Å². The Kier molecular flexibility index (Phi) is 40.2. The van der Waals surface area contributed by atoms with Crippen LogP contribution < -0.4 is 10.2 Å². The van der Waals surface area contributed by atoms with Gasteiger partial charge in [-0.2, -0.15) is 0 Å². The molecule has 58 heavy (non-hydrogen) atoms. The van der Waals surface area contributed by atoms with Crippen molar-refractivity contribution in [3.05, 3.63) is 36.5 Å². The summed E-state index contributed by atoms with van der Waals surface area (Å²) in [5, 5.41) is 13.9.